The Labute approximate surface area is 104 Å². The summed E-state index contributed by atoms with van der Waals surface area (Å²) in [7, 11) is 0. The van der Waals surface area contributed by atoms with Crippen molar-refractivity contribution in [2.45, 2.75) is 65.2 Å². The van der Waals surface area contributed by atoms with Crippen LogP contribution in [0.2, 0.25) is 0 Å². The lowest BCUT2D eigenvalue weighted by molar-refractivity contribution is -0.137. The fraction of sp³-hybridized carbons (Fsp3) is 0.929. The molecule has 17 heavy (non-hydrogen) atoms. The van der Waals surface area contributed by atoms with Gasteiger partial charge in [-0.2, -0.15) is 0 Å². The number of hydrogen-bond donors (Lipinski definition) is 2. The van der Waals surface area contributed by atoms with Crippen molar-refractivity contribution in [2.24, 2.45) is 10.8 Å². The molecular weight excluding hydrogens is 216 g/mol. The molecule has 3 heteroatoms. The second-order valence-electron chi connectivity index (χ2n) is 6.34. The predicted molar refractivity (Wildman–Crippen MR) is 67.9 cm³/mol. The SMILES string of the molecule is CC1(CCC(=O)O)CC1.CC1(CCCO)CC1. The highest BCUT2D eigenvalue weighted by Gasteiger charge is 2.37. The standard InChI is InChI=1S/C7H12O2.C7H14O/c1-7(4-5-7)3-2-6(8)9;1-7(4-5-7)3-2-6-8/h2-5H2,1H3,(H,8,9);8H,2-6H2,1H3. The van der Waals surface area contributed by atoms with Gasteiger partial charge < -0.3 is 10.2 Å². The van der Waals surface area contributed by atoms with Crippen LogP contribution < -0.4 is 0 Å². The largest absolute Gasteiger partial charge is 0.481 e. The highest BCUT2D eigenvalue weighted by atomic mass is 16.4. The third kappa shape index (κ3) is 6.67. The van der Waals surface area contributed by atoms with E-state index in [4.69, 9.17) is 10.2 Å². The molecule has 2 fully saturated rings. The summed E-state index contributed by atoms with van der Waals surface area (Å²) in [5.74, 6) is -0.664. The zero-order chi connectivity index (χ0) is 12.9. The Morgan fingerprint density at radius 2 is 1.53 bits per heavy atom. The van der Waals surface area contributed by atoms with Crippen molar-refractivity contribution in [3.63, 3.8) is 0 Å². The third-order valence-electron chi connectivity index (χ3n) is 4.09. The second-order valence-corrected chi connectivity index (χ2v) is 6.34. The summed E-state index contributed by atoms with van der Waals surface area (Å²) in [6.45, 7) is 4.81. The van der Waals surface area contributed by atoms with Gasteiger partial charge in [-0.05, 0) is 55.8 Å². The van der Waals surface area contributed by atoms with Crippen molar-refractivity contribution in [3.05, 3.63) is 0 Å². The van der Waals surface area contributed by atoms with Gasteiger partial charge in [0.05, 0.1) is 0 Å². The number of aliphatic hydroxyl groups is 1. The number of aliphatic carboxylic acids is 1. The van der Waals surface area contributed by atoms with E-state index in [-0.39, 0.29) is 0 Å². The van der Waals surface area contributed by atoms with Crippen molar-refractivity contribution >= 4 is 5.97 Å². The van der Waals surface area contributed by atoms with Crippen LogP contribution in [0.5, 0.6) is 0 Å². The molecule has 0 aromatic rings. The Hall–Kier alpha value is -0.570. The summed E-state index contributed by atoms with van der Waals surface area (Å²) in [5.41, 5.74) is 1.04. The van der Waals surface area contributed by atoms with E-state index in [0.717, 1.165) is 12.8 Å². The zero-order valence-corrected chi connectivity index (χ0v) is 11.2. The quantitative estimate of drug-likeness (QED) is 0.752. The van der Waals surface area contributed by atoms with E-state index in [1.54, 1.807) is 0 Å². The van der Waals surface area contributed by atoms with E-state index >= 15 is 0 Å². The molecule has 3 nitrogen and oxygen atoms in total. The van der Waals surface area contributed by atoms with Gasteiger partial charge in [0.1, 0.15) is 0 Å². The molecule has 0 saturated heterocycles. The topological polar surface area (TPSA) is 57.5 Å². The molecule has 2 aliphatic rings. The smallest absolute Gasteiger partial charge is 0.303 e. The van der Waals surface area contributed by atoms with Gasteiger partial charge in [0.2, 0.25) is 0 Å². The van der Waals surface area contributed by atoms with E-state index in [1.807, 2.05) is 0 Å². The molecule has 0 aromatic carbocycles. The molecule has 0 aliphatic heterocycles. The first kappa shape index (κ1) is 14.5. The normalized spacial score (nSPS) is 22.3. The molecule has 2 N–H and O–H groups in total. The van der Waals surface area contributed by atoms with E-state index in [2.05, 4.69) is 13.8 Å². The minimum absolute atomic E-state index is 0.344. The number of carboxylic acids is 1. The first-order valence-electron chi connectivity index (χ1n) is 6.72. The molecule has 0 atom stereocenters. The van der Waals surface area contributed by atoms with Gasteiger partial charge in [-0.25, -0.2) is 0 Å². The lowest BCUT2D eigenvalue weighted by atomic mass is 10.0. The van der Waals surface area contributed by atoms with Crippen LogP contribution in [0.25, 0.3) is 0 Å². The third-order valence-corrected chi connectivity index (χ3v) is 4.09. The van der Waals surface area contributed by atoms with E-state index in [0.29, 0.717) is 23.9 Å². The number of aliphatic hydroxyl groups excluding tert-OH is 1. The van der Waals surface area contributed by atoms with E-state index in [1.165, 1.54) is 32.1 Å². The predicted octanol–water partition coefficient (Wildman–Crippen LogP) is 3.21. The van der Waals surface area contributed by atoms with Gasteiger partial charge in [-0.3, -0.25) is 4.79 Å². The summed E-state index contributed by atoms with van der Waals surface area (Å²) in [5, 5.41) is 16.8. The summed E-state index contributed by atoms with van der Waals surface area (Å²) in [6.07, 6.45) is 8.64. The minimum Gasteiger partial charge on any atom is -0.481 e. The van der Waals surface area contributed by atoms with Crippen molar-refractivity contribution in [1.29, 1.82) is 0 Å². The molecule has 0 unspecified atom stereocenters. The van der Waals surface area contributed by atoms with Crippen LogP contribution in [0.1, 0.15) is 65.2 Å². The first-order valence-corrected chi connectivity index (χ1v) is 6.72. The molecule has 0 aromatic heterocycles. The Morgan fingerprint density at radius 1 is 1.06 bits per heavy atom. The zero-order valence-electron chi connectivity index (χ0n) is 11.2. The molecule has 0 heterocycles. The molecule has 2 rings (SSSR count). The summed E-state index contributed by atoms with van der Waals surface area (Å²) < 4.78 is 0. The van der Waals surface area contributed by atoms with E-state index in [9.17, 15) is 4.79 Å². The van der Waals surface area contributed by atoms with Crippen molar-refractivity contribution in [3.8, 4) is 0 Å². The molecule has 0 bridgehead atoms. The average Bonchev–Trinajstić information content (AvgIpc) is 3.16. The van der Waals surface area contributed by atoms with Crippen LogP contribution >= 0.6 is 0 Å². The molecule has 2 aliphatic carbocycles. The van der Waals surface area contributed by atoms with Crippen molar-refractivity contribution < 1.29 is 15.0 Å². The van der Waals surface area contributed by atoms with Gasteiger partial charge >= 0.3 is 5.97 Å². The highest BCUT2D eigenvalue weighted by Crippen LogP contribution is 2.49. The van der Waals surface area contributed by atoms with Gasteiger partial charge in [-0.1, -0.05) is 13.8 Å². The Morgan fingerprint density at radius 3 is 1.88 bits per heavy atom. The van der Waals surface area contributed by atoms with Gasteiger partial charge in [0.25, 0.3) is 0 Å². The molecular formula is C14H26O3. The molecule has 100 valence electrons. The Kier molecular flexibility index (Phi) is 4.99. The van der Waals surface area contributed by atoms with Crippen LogP contribution in [-0.4, -0.2) is 22.8 Å². The van der Waals surface area contributed by atoms with Crippen LogP contribution in [-0.2, 0) is 4.79 Å². The van der Waals surface area contributed by atoms with Crippen LogP contribution in [0.3, 0.4) is 0 Å². The average molecular weight is 242 g/mol. The molecule has 0 radical (unpaired) electrons. The minimum atomic E-state index is -0.664. The molecule has 2 saturated carbocycles. The van der Waals surface area contributed by atoms with Crippen LogP contribution in [0.15, 0.2) is 0 Å². The maximum atomic E-state index is 10.1. The number of hydrogen-bond acceptors (Lipinski definition) is 2. The van der Waals surface area contributed by atoms with Crippen LogP contribution in [0, 0.1) is 10.8 Å². The number of carbonyl (C=O) groups is 1. The number of carboxylic acid groups (broad SMARTS) is 1. The number of rotatable bonds is 6. The second kappa shape index (κ2) is 5.85. The summed E-state index contributed by atoms with van der Waals surface area (Å²) >= 11 is 0. The van der Waals surface area contributed by atoms with Gasteiger partial charge in [0.15, 0.2) is 0 Å². The maximum Gasteiger partial charge on any atom is 0.303 e. The summed E-state index contributed by atoms with van der Waals surface area (Å²) in [6, 6.07) is 0. The van der Waals surface area contributed by atoms with Crippen molar-refractivity contribution in [2.75, 3.05) is 6.61 Å². The molecule has 0 spiro atoms. The Bertz CT molecular complexity index is 252. The molecule has 0 amide bonds. The fourth-order valence-electron chi connectivity index (χ4n) is 1.84. The van der Waals surface area contributed by atoms with Gasteiger partial charge in [-0.15, -0.1) is 0 Å². The Balaban J connectivity index is 0.000000171. The maximum absolute atomic E-state index is 10.1. The fourth-order valence-corrected chi connectivity index (χ4v) is 1.84. The lowest BCUT2D eigenvalue weighted by Gasteiger charge is -2.03. The van der Waals surface area contributed by atoms with Gasteiger partial charge in [0, 0.05) is 13.0 Å². The van der Waals surface area contributed by atoms with E-state index < -0.39 is 5.97 Å². The van der Waals surface area contributed by atoms with Crippen molar-refractivity contribution in [1.82, 2.24) is 0 Å². The lowest BCUT2D eigenvalue weighted by Crippen LogP contribution is -2.00. The summed E-state index contributed by atoms with van der Waals surface area (Å²) in [4.78, 5) is 10.1. The first-order chi connectivity index (χ1) is 7.89. The monoisotopic (exact) mass is 242 g/mol. The highest BCUT2D eigenvalue weighted by molar-refractivity contribution is 5.66. The van der Waals surface area contributed by atoms with Crippen LogP contribution in [0.4, 0.5) is 0 Å².